The lowest BCUT2D eigenvalue weighted by atomic mass is 10.1. The molecule has 0 aliphatic heterocycles. The van der Waals surface area contributed by atoms with E-state index in [9.17, 15) is 4.79 Å². The van der Waals surface area contributed by atoms with Crippen LogP contribution in [-0.2, 0) is 9.53 Å². The molecule has 1 rings (SSSR count). The summed E-state index contributed by atoms with van der Waals surface area (Å²) >= 11 is 0. The zero-order valence-electron chi connectivity index (χ0n) is 8.31. The number of hydrogen-bond acceptors (Lipinski definition) is 2. The summed E-state index contributed by atoms with van der Waals surface area (Å²) < 4.78 is 5.30. The Kier molecular flexibility index (Phi) is 3.65. The first-order chi connectivity index (χ1) is 6.61. The molecule has 0 saturated carbocycles. The first kappa shape index (κ1) is 10.7. The Morgan fingerprint density at radius 1 is 1.29 bits per heavy atom. The van der Waals surface area contributed by atoms with Gasteiger partial charge in [-0.3, -0.25) is 0 Å². The second-order valence-corrected chi connectivity index (χ2v) is 3.31. The highest BCUT2D eigenvalue weighted by Gasteiger charge is 2.21. The second-order valence-electron chi connectivity index (χ2n) is 3.31. The molecule has 0 amide bonds. The average Bonchev–Trinajstić information content (AvgIpc) is 2.15. The van der Waals surface area contributed by atoms with E-state index in [0.717, 1.165) is 0 Å². The van der Waals surface area contributed by atoms with Gasteiger partial charge in [0.2, 0.25) is 0 Å². The average molecular weight is 194 g/mol. The van der Waals surface area contributed by atoms with Crippen LogP contribution in [-0.4, -0.2) is 17.2 Å². The van der Waals surface area contributed by atoms with Gasteiger partial charge in [0.25, 0.3) is 0 Å². The van der Waals surface area contributed by atoms with Crippen molar-refractivity contribution < 1.29 is 14.6 Å². The van der Waals surface area contributed by atoms with E-state index in [-0.39, 0.29) is 6.10 Å². The molecule has 1 aromatic rings. The Balaban J connectivity index is 2.84. The van der Waals surface area contributed by atoms with Crippen LogP contribution < -0.4 is 0 Å². The minimum Gasteiger partial charge on any atom is -0.479 e. The highest BCUT2D eigenvalue weighted by Crippen LogP contribution is 2.18. The smallest absolute Gasteiger partial charge is 0.337 e. The Morgan fingerprint density at radius 3 is 2.29 bits per heavy atom. The molecule has 0 fully saturated rings. The highest BCUT2D eigenvalue weighted by atomic mass is 16.5. The molecule has 3 nitrogen and oxygen atoms in total. The second kappa shape index (κ2) is 4.77. The molecular formula is C11H14O3. The standard InChI is InChI=1S/C11H14O3/c1-8(2)14-10(11(12)13)9-6-4-3-5-7-9/h3-8,10H,1-2H3,(H,12,13)/t10-/m1/s1. The summed E-state index contributed by atoms with van der Waals surface area (Å²) in [4.78, 5) is 10.9. The lowest BCUT2D eigenvalue weighted by molar-refractivity contribution is -0.153. The van der Waals surface area contributed by atoms with Gasteiger partial charge in [-0.15, -0.1) is 0 Å². The van der Waals surface area contributed by atoms with Gasteiger partial charge in [-0.05, 0) is 19.4 Å². The Hall–Kier alpha value is -1.35. The van der Waals surface area contributed by atoms with E-state index in [1.54, 1.807) is 24.3 Å². The van der Waals surface area contributed by atoms with Gasteiger partial charge in [0, 0.05) is 0 Å². The fraction of sp³-hybridized carbons (Fsp3) is 0.364. The molecule has 0 aromatic heterocycles. The van der Waals surface area contributed by atoms with Gasteiger partial charge < -0.3 is 9.84 Å². The number of rotatable bonds is 4. The third-order valence-corrected chi connectivity index (χ3v) is 1.73. The van der Waals surface area contributed by atoms with E-state index < -0.39 is 12.1 Å². The fourth-order valence-electron chi connectivity index (χ4n) is 1.18. The van der Waals surface area contributed by atoms with Gasteiger partial charge in [-0.2, -0.15) is 0 Å². The number of carboxylic acids is 1. The summed E-state index contributed by atoms with van der Waals surface area (Å²) in [5, 5.41) is 8.95. The first-order valence-electron chi connectivity index (χ1n) is 4.54. The highest BCUT2D eigenvalue weighted by molar-refractivity contribution is 5.74. The van der Waals surface area contributed by atoms with Crippen LogP contribution in [0.25, 0.3) is 0 Å². The zero-order chi connectivity index (χ0) is 10.6. The summed E-state index contributed by atoms with van der Waals surface area (Å²) in [6.45, 7) is 3.64. The van der Waals surface area contributed by atoms with Crippen LogP contribution in [0.3, 0.4) is 0 Å². The quantitative estimate of drug-likeness (QED) is 0.799. The molecule has 76 valence electrons. The number of aliphatic carboxylic acids is 1. The van der Waals surface area contributed by atoms with Crippen LogP contribution >= 0.6 is 0 Å². The maximum atomic E-state index is 10.9. The molecule has 14 heavy (non-hydrogen) atoms. The van der Waals surface area contributed by atoms with Crippen molar-refractivity contribution in [2.24, 2.45) is 0 Å². The number of carbonyl (C=O) groups is 1. The van der Waals surface area contributed by atoms with Gasteiger partial charge in [0.1, 0.15) is 0 Å². The maximum absolute atomic E-state index is 10.9. The molecule has 0 heterocycles. The lowest BCUT2D eigenvalue weighted by Crippen LogP contribution is -2.18. The van der Waals surface area contributed by atoms with E-state index in [2.05, 4.69) is 0 Å². The third-order valence-electron chi connectivity index (χ3n) is 1.73. The molecule has 0 saturated heterocycles. The third kappa shape index (κ3) is 2.85. The van der Waals surface area contributed by atoms with Crippen molar-refractivity contribution in [2.75, 3.05) is 0 Å². The minimum atomic E-state index is -0.954. The van der Waals surface area contributed by atoms with Crippen molar-refractivity contribution in [3.8, 4) is 0 Å². The number of benzene rings is 1. The van der Waals surface area contributed by atoms with Gasteiger partial charge in [0.05, 0.1) is 6.10 Å². The maximum Gasteiger partial charge on any atom is 0.337 e. The SMILES string of the molecule is CC(C)O[C@@H](C(=O)O)c1ccccc1. The molecule has 1 aromatic carbocycles. The van der Waals surface area contributed by atoms with Crippen LogP contribution in [0.5, 0.6) is 0 Å². The van der Waals surface area contributed by atoms with E-state index in [1.807, 2.05) is 19.9 Å². The van der Waals surface area contributed by atoms with Crippen molar-refractivity contribution in [3.63, 3.8) is 0 Å². The van der Waals surface area contributed by atoms with Gasteiger partial charge in [-0.1, -0.05) is 30.3 Å². The van der Waals surface area contributed by atoms with E-state index in [4.69, 9.17) is 9.84 Å². The van der Waals surface area contributed by atoms with Crippen molar-refractivity contribution >= 4 is 5.97 Å². The summed E-state index contributed by atoms with van der Waals surface area (Å²) in [6.07, 6.45) is -0.965. The molecule has 0 radical (unpaired) electrons. The summed E-state index contributed by atoms with van der Waals surface area (Å²) in [6, 6.07) is 8.95. The van der Waals surface area contributed by atoms with Crippen molar-refractivity contribution in [1.82, 2.24) is 0 Å². The predicted molar refractivity (Wildman–Crippen MR) is 53.0 cm³/mol. The van der Waals surface area contributed by atoms with Gasteiger partial charge in [0.15, 0.2) is 6.10 Å². The minimum absolute atomic E-state index is 0.101. The molecule has 0 spiro atoms. The van der Waals surface area contributed by atoms with Gasteiger partial charge >= 0.3 is 5.97 Å². The monoisotopic (exact) mass is 194 g/mol. The van der Waals surface area contributed by atoms with E-state index in [0.29, 0.717) is 5.56 Å². The van der Waals surface area contributed by atoms with Crippen LogP contribution in [0.2, 0.25) is 0 Å². The molecule has 1 atom stereocenters. The molecule has 0 bridgehead atoms. The largest absolute Gasteiger partial charge is 0.479 e. The Bertz CT molecular complexity index is 293. The molecule has 0 unspecified atom stereocenters. The Labute approximate surface area is 83.3 Å². The van der Waals surface area contributed by atoms with Crippen LogP contribution in [0, 0.1) is 0 Å². The molecule has 0 aliphatic carbocycles. The van der Waals surface area contributed by atoms with Crippen LogP contribution in [0.15, 0.2) is 30.3 Å². The van der Waals surface area contributed by atoms with Crippen LogP contribution in [0.4, 0.5) is 0 Å². The van der Waals surface area contributed by atoms with Crippen molar-refractivity contribution in [3.05, 3.63) is 35.9 Å². The summed E-state index contributed by atoms with van der Waals surface area (Å²) in [5.74, 6) is -0.954. The van der Waals surface area contributed by atoms with Crippen LogP contribution in [0.1, 0.15) is 25.5 Å². The normalized spacial score (nSPS) is 12.8. The molecule has 0 aliphatic rings. The lowest BCUT2D eigenvalue weighted by Gasteiger charge is -2.16. The number of carboxylic acid groups (broad SMARTS) is 1. The topological polar surface area (TPSA) is 46.5 Å². The molecule has 3 heteroatoms. The number of ether oxygens (including phenoxy) is 1. The zero-order valence-corrected chi connectivity index (χ0v) is 8.31. The molecule has 1 N–H and O–H groups in total. The van der Waals surface area contributed by atoms with E-state index >= 15 is 0 Å². The fourth-order valence-corrected chi connectivity index (χ4v) is 1.18. The first-order valence-corrected chi connectivity index (χ1v) is 4.54. The van der Waals surface area contributed by atoms with Gasteiger partial charge in [-0.25, -0.2) is 4.79 Å². The van der Waals surface area contributed by atoms with Crippen molar-refractivity contribution in [1.29, 1.82) is 0 Å². The molecular weight excluding hydrogens is 180 g/mol. The van der Waals surface area contributed by atoms with E-state index in [1.165, 1.54) is 0 Å². The summed E-state index contributed by atoms with van der Waals surface area (Å²) in [7, 11) is 0. The predicted octanol–water partition coefficient (Wildman–Crippen LogP) is 2.24. The van der Waals surface area contributed by atoms with Crippen molar-refractivity contribution in [2.45, 2.75) is 26.1 Å². The summed E-state index contributed by atoms with van der Waals surface area (Å²) in [5.41, 5.74) is 0.675. The Morgan fingerprint density at radius 2 is 1.86 bits per heavy atom. The number of hydrogen-bond donors (Lipinski definition) is 1.